The van der Waals surface area contributed by atoms with Gasteiger partial charge in [-0.15, -0.1) is 0 Å². The average molecular weight is 326 g/mol. The summed E-state index contributed by atoms with van der Waals surface area (Å²) in [6.45, 7) is 3.37. The Morgan fingerprint density at radius 2 is 1.88 bits per heavy atom. The van der Waals surface area contributed by atoms with Gasteiger partial charge in [-0.05, 0) is 48.6 Å². The Kier molecular flexibility index (Phi) is 5.54. The third-order valence-corrected chi connectivity index (χ3v) is 4.70. The van der Waals surface area contributed by atoms with Gasteiger partial charge in [-0.25, -0.2) is 0 Å². The second kappa shape index (κ2) is 7.82. The topological polar surface area (TPSA) is 38.7 Å². The molecular formula is C21H26O3. The van der Waals surface area contributed by atoms with E-state index in [1.165, 1.54) is 12.8 Å². The van der Waals surface area contributed by atoms with E-state index in [-0.39, 0.29) is 0 Å². The van der Waals surface area contributed by atoms with Crippen LogP contribution in [0, 0.1) is 5.92 Å². The van der Waals surface area contributed by atoms with Crippen molar-refractivity contribution in [1.82, 2.24) is 0 Å². The predicted octanol–water partition coefficient (Wildman–Crippen LogP) is 4.64. The molecule has 2 unspecified atom stereocenters. The van der Waals surface area contributed by atoms with Gasteiger partial charge in [0.15, 0.2) is 5.79 Å². The minimum Gasteiger partial charge on any atom is -0.489 e. The van der Waals surface area contributed by atoms with Crippen LogP contribution < -0.4 is 4.74 Å². The summed E-state index contributed by atoms with van der Waals surface area (Å²) in [5.41, 5.74) is 1.95. The first-order valence-electron chi connectivity index (χ1n) is 8.83. The van der Waals surface area contributed by atoms with E-state index in [0.29, 0.717) is 25.6 Å². The summed E-state index contributed by atoms with van der Waals surface area (Å²) in [6.07, 6.45) is 4.00. The van der Waals surface area contributed by atoms with E-state index in [9.17, 15) is 5.11 Å². The molecule has 1 N–H and O–H groups in total. The van der Waals surface area contributed by atoms with Gasteiger partial charge in [0.1, 0.15) is 12.4 Å². The van der Waals surface area contributed by atoms with Crippen LogP contribution in [0.1, 0.15) is 43.7 Å². The van der Waals surface area contributed by atoms with Gasteiger partial charge in [-0.3, -0.25) is 0 Å². The van der Waals surface area contributed by atoms with Gasteiger partial charge >= 0.3 is 0 Å². The minimum atomic E-state index is -1.15. The van der Waals surface area contributed by atoms with Crippen molar-refractivity contribution in [1.29, 1.82) is 0 Å². The van der Waals surface area contributed by atoms with E-state index in [1.807, 2.05) is 54.6 Å². The first-order valence-corrected chi connectivity index (χ1v) is 8.83. The van der Waals surface area contributed by atoms with Crippen molar-refractivity contribution in [2.45, 2.75) is 45.0 Å². The molecule has 2 aromatic rings. The zero-order valence-electron chi connectivity index (χ0n) is 14.3. The fourth-order valence-electron chi connectivity index (χ4n) is 3.23. The zero-order valence-corrected chi connectivity index (χ0v) is 14.3. The van der Waals surface area contributed by atoms with Crippen molar-refractivity contribution < 1.29 is 14.6 Å². The molecule has 128 valence electrons. The molecule has 3 nitrogen and oxygen atoms in total. The summed E-state index contributed by atoms with van der Waals surface area (Å²) >= 11 is 0. The van der Waals surface area contributed by atoms with Gasteiger partial charge < -0.3 is 14.6 Å². The van der Waals surface area contributed by atoms with Crippen LogP contribution in [-0.2, 0) is 17.1 Å². The van der Waals surface area contributed by atoms with E-state index in [0.717, 1.165) is 23.3 Å². The Labute approximate surface area is 144 Å². The highest BCUT2D eigenvalue weighted by molar-refractivity contribution is 5.30. The van der Waals surface area contributed by atoms with Gasteiger partial charge in [0.2, 0.25) is 0 Å². The number of hydrogen-bond acceptors (Lipinski definition) is 3. The van der Waals surface area contributed by atoms with Gasteiger partial charge in [-0.1, -0.05) is 43.7 Å². The van der Waals surface area contributed by atoms with Crippen LogP contribution in [0.5, 0.6) is 5.75 Å². The fraction of sp³-hybridized carbons (Fsp3) is 0.429. The molecule has 3 rings (SSSR count). The largest absolute Gasteiger partial charge is 0.489 e. The number of ether oxygens (including phenoxy) is 2. The smallest absolute Gasteiger partial charge is 0.192 e. The highest BCUT2D eigenvalue weighted by Gasteiger charge is 2.35. The lowest BCUT2D eigenvalue weighted by molar-refractivity contribution is -0.245. The summed E-state index contributed by atoms with van der Waals surface area (Å²) in [7, 11) is 0. The van der Waals surface area contributed by atoms with E-state index < -0.39 is 5.79 Å². The van der Waals surface area contributed by atoms with Crippen molar-refractivity contribution in [3.8, 4) is 5.75 Å². The SMILES string of the molecule is CCCC1CCC(O)(c2ccc(OCc3ccccc3)cc2)OC1. The first kappa shape index (κ1) is 17.0. The molecule has 0 spiro atoms. The summed E-state index contributed by atoms with van der Waals surface area (Å²) in [5.74, 6) is 0.219. The van der Waals surface area contributed by atoms with Crippen LogP contribution in [-0.4, -0.2) is 11.7 Å². The van der Waals surface area contributed by atoms with E-state index in [2.05, 4.69) is 6.92 Å². The molecule has 0 amide bonds. The predicted molar refractivity (Wildman–Crippen MR) is 94.7 cm³/mol. The molecule has 24 heavy (non-hydrogen) atoms. The van der Waals surface area contributed by atoms with Crippen molar-refractivity contribution in [2.24, 2.45) is 5.92 Å². The van der Waals surface area contributed by atoms with Crippen LogP contribution >= 0.6 is 0 Å². The number of aliphatic hydroxyl groups is 1. The molecule has 1 fully saturated rings. The maximum atomic E-state index is 10.8. The molecule has 0 aliphatic carbocycles. The van der Waals surface area contributed by atoms with Crippen LogP contribution in [0.25, 0.3) is 0 Å². The molecule has 0 radical (unpaired) electrons. The molecular weight excluding hydrogens is 300 g/mol. The van der Waals surface area contributed by atoms with Gasteiger partial charge in [0.25, 0.3) is 0 Å². The molecule has 0 aromatic heterocycles. The van der Waals surface area contributed by atoms with E-state index >= 15 is 0 Å². The molecule has 1 saturated heterocycles. The summed E-state index contributed by atoms with van der Waals surface area (Å²) in [6, 6.07) is 17.7. The number of benzene rings is 2. The maximum Gasteiger partial charge on any atom is 0.192 e. The Morgan fingerprint density at radius 1 is 1.12 bits per heavy atom. The molecule has 1 aliphatic heterocycles. The van der Waals surface area contributed by atoms with E-state index in [4.69, 9.17) is 9.47 Å². The normalized spacial score (nSPS) is 23.8. The van der Waals surface area contributed by atoms with Crippen molar-refractivity contribution in [2.75, 3.05) is 6.61 Å². The average Bonchev–Trinajstić information content (AvgIpc) is 2.64. The first-order chi connectivity index (χ1) is 11.7. The summed E-state index contributed by atoms with van der Waals surface area (Å²) in [5, 5.41) is 10.8. The monoisotopic (exact) mass is 326 g/mol. The van der Waals surface area contributed by atoms with Crippen LogP contribution in [0.2, 0.25) is 0 Å². The van der Waals surface area contributed by atoms with E-state index in [1.54, 1.807) is 0 Å². The lowest BCUT2D eigenvalue weighted by Gasteiger charge is -2.36. The molecule has 3 heteroatoms. The van der Waals surface area contributed by atoms with Crippen molar-refractivity contribution in [3.05, 3.63) is 65.7 Å². The molecule has 1 aliphatic rings. The second-order valence-corrected chi connectivity index (χ2v) is 6.59. The van der Waals surface area contributed by atoms with Crippen molar-refractivity contribution in [3.63, 3.8) is 0 Å². The van der Waals surface area contributed by atoms with Crippen molar-refractivity contribution >= 4 is 0 Å². The Hall–Kier alpha value is -1.84. The standard InChI is InChI=1S/C21H26O3/c1-2-6-17-13-14-21(22,24-16-17)19-9-11-20(12-10-19)23-15-18-7-4-3-5-8-18/h3-5,7-12,17,22H,2,6,13-16H2,1H3. The van der Waals surface area contributed by atoms with Crippen LogP contribution in [0.3, 0.4) is 0 Å². The molecule has 1 heterocycles. The zero-order chi connectivity index (χ0) is 16.8. The summed E-state index contributed by atoms with van der Waals surface area (Å²) < 4.78 is 11.6. The fourth-order valence-corrected chi connectivity index (χ4v) is 3.23. The third kappa shape index (κ3) is 4.16. The minimum absolute atomic E-state index is 0.541. The van der Waals surface area contributed by atoms with Gasteiger partial charge in [0, 0.05) is 12.0 Å². The second-order valence-electron chi connectivity index (χ2n) is 6.59. The van der Waals surface area contributed by atoms with Crippen LogP contribution in [0.4, 0.5) is 0 Å². The molecule has 0 bridgehead atoms. The number of rotatable bonds is 6. The quantitative estimate of drug-likeness (QED) is 0.840. The van der Waals surface area contributed by atoms with Gasteiger partial charge in [0.05, 0.1) is 6.61 Å². The van der Waals surface area contributed by atoms with Gasteiger partial charge in [-0.2, -0.15) is 0 Å². The highest BCUT2D eigenvalue weighted by Crippen LogP contribution is 2.36. The highest BCUT2D eigenvalue weighted by atomic mass is 16.6. The Bertz CT molecular complexity index is 613. The van der Waals surface area contributed by atoms with Crippen LogP contribution in [0.15, 0.2) is 54.6 Å². The number of hydrogen-bond donors (Lipinski definition) is 1. The third-order valence-electron chi connectivity index (χ3n) is 4.70. The molecule has 2 aromatic carbocycles. The molecule has 0 saturated carbocycles. The maximum absolute atomic E-state index is 10.8. The lowest BCUT2D eigenvalue weighted by atomic mass is 9.89. The lowest BCUT2D eigenvalue weighted by Crippen LogP contribution is -2.36. The summed E-state index contributed by atoms with van der Waals surface area (Å²) in [4.78, 5) is 0. The molecule has 2 atom stereocenters. The Balaban J connectivity index is 1.58. The Morgan fingerprint density at radius 3 is 2.50 bits per heavy atom.